The van der Waals surface area contributed by atoms with Crippen LogP contribution in [0, 0.1) is 5.41 Å². The van der Waals surface area contributed by atoms with E-state index in [-0.39, 0.29) is 0 Å². The number of hydrogen-bond acceptors (Lipinski definition) is 3. The third kappa shape index (κ3) is 1.79. The highest BCUT2D eigenvalue weighted by molar-refractivity contribution is 5.81. The first kappa shape index (κ1) is 8.85. The third-order valence-electron chi connectivity index (χ3n) is 3.47. The van der Waals surface area contributed by atoms with Crippen LogP contribution in [0.4, 0.5) is 0 Å². The monoisotopic (exact) mass is 181 g/mol. The van der Waals surface area contributed by atoms with Gasteiger partial charge in [-0.1, -0.05) is 13.3 Å². The fourth-order valence-corrected chi connectivity index (χ4v) is 2.12. The van der Waals surface area contributed by atoms with Crippen molar-refractivity contribution in [1.82, 2.24) is 10.6 Å². The molecule has 0 bridgehead atoms. The van der Waals surface area contributed by atoms with Crippen molar-refractivity contribution < 1.29 is 0 Å². The lowest BCUT2D eigenvalue weighted by atomic mass is 9.67. The van der Waals surface area contributed by atoms with Crippen LogP contribution in [0.1, 0.15) is 32.6 Å². The van der Waals surface area contributed by atoms with Gasteiger partial charge in [0.05, 0.1) is 6.54 Å². The number of aliphatic imine (C=N–C) groups is 1. The SMILES string of the molecule is CCC1(CNC2=NCCN2)CCC1. The summed E-state index contributed by atoms with van der Waals surface area (Å²) < 4.78 is 0. The van der Waals surface area contributed by atoms with Gasteiger partial charge in [0.2, 0.25) is 0 Å². The van der Waals surface area contributed by atoms with Crippen LogP contribution in [-0.4, -0.2) is 25.6 Å². The topological polar surface area (TPSA) is 36.4 Å². The van der Waals surface area contributed by atoms with Crippen LogP contribution >= 0.6 is 0 Å². The van der Waals surface area contributed by atoms with E-state index in [1.54, 1.807) is 0 Å². The molecule has 1 saturated carbocycles. The molecule has 2 N–H and O–H groups in total. The van der Waals surface area contributed by atoms with Gasteiger partial charge in [-0.25, -0.2) is 0 Å². The van der Waals surface area contributed by atoms with Crippen molar-refractivity contribution in [3.05, 3.63) is 0 Å². The molecule has 0 atom stereocenters. The van der Waals surface area contributed by atoms with E-state index < -0.39 is 0 Å². The van der Waals surface area contributed by atoms with Crippen LogP contribution in [0.25, 0.3) is 0 Å². The molecular weight excluding hydrogens is 162 g/mol. The van der Waals surface area contributed by atoms with E-state index in [4.69, 9.17) is 0 Å². The molecule has 0 saturated heterocycles. The van der Waals surface area contributed by atoms with E-state index in [2.05, 4.69) is 22.5 Å². The molecular formula is C10H19N3. The van der Waals surface area contributed by atoms with Gasteiger partial charge < -0.3 is 10.6 Å². The van der Waals surface area contributed by atoms with Crippen LogP contribution in [0.3, 0.4) is 0 Å². The highest BCUT2D eigenvalue weighted by Crippen LogP contribution is 2.42. The fourth-order valence-electron chi connectivity index (χ4n) is 2.12. The summed E-state index contributed by atoms with van der Waals surface area (Å²) in [5.41, 5.74) is 0.590. The Balaban J connectivity index is 1.77. The molecule has 13 heavy (non-hydrogen) atoms. The Bertz CT molecular complexity index is 201. The van der Waals surface area contributed by atoms with Gasteiger partial charge in [0, 0.05) is 13.1 Å². The Morgan fingerprint density at radius 3 is 2.85 bits per heavy atom. The highest BCUT2D eigenvalue weighted by Gasteiger charge is 2.34. The van der Waals surface area contributed by atoms with Crippen molar-refractivity contribution in [2.45, 2.75) is 32.6 Å². The van der Waals surface area contributed by atoms with E-state index in [0.29, 0.717) is 5.41 Å². The van der Waals surface area contributed by atoms with Crippen molar-refractivity contribution in [2.24, 2.45) is 10.4 Å². The van der Waals surface area contributed by atoms with Gasteiger partial charge in [0.25, 0.3) is 0 Å². The summed E-state index contributed by atoms with van der Waals surface area (Å²) in [6.07, 6.45) is 5.50. The summed E-state index contributed by atoms with van der Waals surface area (Å²) in [6, 6.07) is 0. The molecule has 3 heteroatoms. The second-order valence-electron chi connectivity index (χ2n) is 4.22. The Morgan fingerprint density at radius 2 is 2.38 bits per heavy atom. The molecule has 0 spiro atoms. The molecule has 1 aliphatic heterocycles. The molecule has 74 valence electrons. The van der Waals surface area contributed by atoms with Gasteiger partial charge in [-0.15, -0.1) is 0 Å². The zero-order valence-corrected chi connectivity index (χ0v) is 8.40. The largest absolute Gasteiger partial charge is 0.356 e. The van der Waals surface area contributed by atoms with Crippen LogP contribution in [0.5, 0.6) is 0 Å². The molecule has 1 heterocycles. The lowest BCUT2D eigenvalue weighted by Crippen LogP contribution is -2.44. The average Bonchev–Trinajstić information content (AvgIpc) is 2.56. The molecule has 0 unspecified atom stereocenters. The predicted molar refractivity (Wildman–Crippen MR) is 54.9 cm³/mol. The quantitative estimate of drug-likeness (QED) is 0.684. The van der Waals surface area contributed by atoms with Crippen LogP contribution in [0.2, 0.25) is 0 Å². The predicted octanol–water partition coefficient (Wildman–Crippen LogP) is 1.12. The molecule has 0 aromatic heterocycles. The van der Waals surface area contributed by atoms with Crippen molar-refractivity contribution in [3.8, 4) is 0 Å². The number of nitrogens with one attached hydrogen (secondary N) is 2. The maximum Gasteiger partial charge on any atom is 0.191 e. The molecule has 0 amide bonds. The van der Waals surface area contributed by atoms with Crippen molar-refractivity contribution >= 4 is 5.96 Å². The summed E-state index contributed by atoms with van der Waals surface area (Å²) in [5.74, 6) is 1.01. The minimum Gasteiger partial charge on any atom is -0.356 e. The minimum absolute atomic E-state index is 0.590. The summed E-state index contributed by atoms with van der Waals surface area (Å²) in [7, 11) is 0. The average molecular weight is 181 g/mol. The summed E-state index contributed by atoms with van der Waals surface area (Å²) in [6.45, 7) is 5.34. The van der Waals surface area contributed by atoms with Crippen molar-refractivity contribution in [3.63, 3.8) is 0 Å². The summed E-state index contributed by atoms with van der Waals surface area (Å²) in [4.78, 5) is 4.33. The second kappa shape index (κ2) is 3.56. The minimum atomic E-state index is 0.590. The first-order valence-corrected chi connectivity index (χ1v) is 5.37. The van der Waals surface area contributed by atoms with Gasteiger partial charge in [0.15, 0.2) is 5.96 Å². The van der Waals surface area contributed by atoms with E-state index in [1.165, 1.54) is 25.7 Å². The molecule has 2 rings (SSSR count). The Labute approximate surface area is 80.0 Å². The first-order chi connectivity index (χ1) is 6.35. The zero-order valence-electron chi connectivity index (χ0n) is 8.40. The molecule has 0 aromatic carbocycles. The zero-order chi connectivity index (χ0) is 9.15. The number of rotatable bonds is 3. The molecule has 2 aliphatic rings. The Hall–Kier alpha value is -0.730. The van der Waals surface area contributed by atoms with Crippen LogP contribution < -0.4 is 10.6 Å². The van der Waals surface area contributed by atoms with Crippen molar-refractivity contribution in [1.29, 1.82) is 0 Å². The van der Waals surface area contributed by atoms with Gasteiger partial charge in [-0.2, -0.15) is 0 Å². The van der Waals surface area contributed by atoms with Gasteiger partial charge >= 0.3 is 0 Å². The lowest BCUT2D eigenvalue weighted by molar-refractivity contribution is 0.131. The molecule has 1 fully saturated rings. The van der Waals surface area contributed by atoms with E-state index in [0.717, 1.165) is 25.6 Å². The smallest absolute Gasteiger partial charge is 0.191 e. The summed E-state index contributed by atoms with van der Waals surface area (Å²) in [5, 5.41) is 6.65. The van der Waals surface area contributed by atoms with Crippen LogP contribution in [0.15, 0.2) is 4.99 Å². The normalized spacial score (nSPS) is 24.5. The Morgan fingerprint density at radius 1 is 1.54 bits per heavy atom. The maximum absolute atomic E-state index is 4.33. The van der Waals surface area contributed by atoms with Gasteiger partial charge in [-0.05, 0) is 24.7 Å². The van der Waals surface area contributed by atoms with Crippen LogP contribution in [-0.2, 0) is 0 Å². The second-order valence-corrected chi connectivity index (χ2v) is 4.22. The fraction of sp³-hybridized carbons (Fsp3) is 0.900. The standard InChI is InChI=1S/C10H19N3/c1-2-10(4-3-5-10)8-13-9-11-6-7-12-9/h2-8H2,1H3,(H2,11,12,13). The lowest BCUT2D eigenvalue weighted by Gasteiger charge is -2.41. The number of guanidine groups is 1. The number of nitrogens with zero attached hydrogens (tertiary/aromatic N) is 1. The molecule has 1 aliphatic carbocycles. The number of hydrogen-bond donors (Lipinski definition) is 2. The highest BCUT2D eigenvalue weighted by atomic mass is 15.2. The van der Waals surface area contributed by atoms with Crippen molar-refractivity contribution in [2.75, 3.05) is 19.6 Å². The molecule has 3 nitrogen and oxygen atoms in total. The van der Waals surface area contributed by atoms with E-state index in [9.17, 15) is 0 Å². The van der Waals surface area contributed by atoms with Gasteiger partial charge in [-0.3, -0.25) is 4.99 Å². The Kier molecular flexibility index (Phi) is 2.42. The first-order valence-electron chi connectivity index (χ1n) is 5.37. The molecule has 0 radical (unpaired) electrons. The summed E-state index contributed by atoms with van der Waals surface area (Å²) >= 11 is 0. The maximum atomic E-state index is 4.33. The van der Waals surface area contributed by atoms with E-state index >= 15 is 0 Å². The molecule has 0 aromatic rings. The van der Waals surface area contributed by atoms with E-state index in [1.807, 2.05) is 0 Å². The third-order valence-corrected chi connectivity index (χ3v) is 3.47. The van der Waals surface area contributed by atoms with Gasteiger partial charge in [0.1, 0.15) is 0 Å².